The number of aromatic hydroxyl groups is 1. The number of hydrogen-bond donors (Lipinski definition) is 1. The van der Waals surface area contributed by atoms with Crippen molar-refractivity contribution in [1.29, 1.82) is 5.26 Å². The Kier molecular flexibility index (Phi) is 5.02. The Balaban J connectivity index is 2.37. The first-order chi connectivity index (χ1) is 11.4. The summed E-state index contributed by atoms with van der Waals surface area (Å²) in [4.78, 5) is 14.2. The molecule has 1 N–H and O–H groups in total. The maximum Gasteiger partial charge on any atom is 0.265 e. The standard InChI is InChI=1S/C20H18N2O2/c1-20(2)10-15(9-16(11-20)18(12-21)22-3)5-4-14-6-7-19(24)17(8-14)13-23/h4-9,13,24H,10-11H2,1-2H3/b5-4+,18-16-. The second-order valence-corrected chi connectivity index (χ2v) is 6.60. The highest BCUT2D eigenvalue weighted by molar-refractivity contribution is 5.80. The summed E-state index contributed by atoms with van der Waals surface area (Å²) in [7, 11) is 0. The third-order valence-electron chi connectivity index (χ3n) is 3.90. The van der Waals surface area contributed by atoms with Gasteiger partial charge in [-0.15, -0.1) is 0 Å². The molecule has 0 heterocycles. The lowest BCUT2D eigenvalue weighted by Crippen LogP contribution is -2.17. The summed E-state index contributed by atoms with van der Waals surface area (Å²) in [5, 5.41) is 18.6. The molecule has 120 valence electrons. The summed E-state index contributed by atoms with van der Waals surface area (Å²) in [5.41, 5.74) is 2.95. The van der Waals surface area contributed by atoms with Gasteiger partial charge in [0.05, 0.1) is 18.2 Å². The van der Waals surface area contributed by atoms with Crippen LogP contribution in [0.3, 0.4) is 0 Å². The van der Waals surface area contributed by atoms with Crippen molar-refractivity contribution < 1.29 is 9.90 Å². The minimum absolute atomic E-state index is 0.0283. The van der Waals surface area contributed by atoms with Gasteiger partial charge in [0.25, 0.3) is 5.70 Å². The van der Waals surface area contributed by atoms with Gasteiger partial charge in [0.15, 0.2) is 6.29 Å². The molecule has 0 unspecified atom stereocenters. The van der Waals surface area contributed by atoms with Crippen molar-refractivity contribution in [2.24, 2.45) is 5.41 Å². The van der Waals surface area contributed by atoms with E-state index in [-0.39, 0.29) is 22.4 Å². The molecule has 0 aromatic heterocycles. The Morgan fingerprint density at radius 3 is 2.75 bits per heavy atom. The number of aldehydes is 1. The Bertz CT molecular complexity index is 827. The zero-order chi connectivity index (χ0) is 17.7. The quantitative estimate of drug-likeness (QED) is 0.501. The van der Waals surface area contributed by atoms with Crippen LogP contribution in [0.5, 0.6) is 5.75 Å². The van der Waals surface area contributed by atoms with Gasteiger partial charge in [0.2, 0.25) is 0 Å². The average Bonchev–Trinajstić information content (AvgIpc) is 2.54. The highest BCUT2D eigenvalue weighted by Gasteiger charge is 2.26. The summed E-state index contributed by atoms with van der Waals surface area (Å²) in [5.74, 6) is -0.0406. The van der Waals surface area contributed by atoms with Crippen LogP contribution in [0.15, 0.2) is 47.2 Å². The van der Waals surface area contributed by atoms with Crippen LogP contribution in [0.4, 0.5) is 0 Å². The zero-order valence-electron chi connectivity index (χ0n) is 13.7. The number of phenolic OH excluding ortho intramolecular Hbond substituents is 1. The molecule has 0 spiro atoms. The second-order valence-electron chi connectivity index (χ2n) is 6.60. The van der Waals surface area contributed by atoms with E-state index in [0.29, 0.717) is 12.7 Å². The molecule has 0 saturated carbocycles. The van der Waals surface area contributed by atoms with Crippen LogP contribution in [0.1, 0.15) is 42.6 Å². The number of benzene rings is 1. The molecule has 0 fully saturated rings. The predicted molar refractivity (Wildman–Crippen MR) is 92.9 cm³/mol. The van der Waals surface area contributed by atoms with Crippen LogP contribution < -0.4 is 0 Å². The highest BCUT2D eigenvalue weighted by atomic mass is 16.3. The number of nitriles is 1. The maximum absolute atomic E-state index is 10.9. The molecule has 1 aromatic rings. The minimum Gasteiger partial charge on any atom is -0.507 e. The van der Waals surface area contributed by atoms with Gasteiger partial charge in [0.1, 0.15) is 5.75 Å². The summed E-state index contributed by atoms with van der Waals surface area (Å²) in [6.07, 6.45) is 7.85. The lowest BCUT2D eigenvalue weighted by molar-refractivity contribution is 0.112. The van der Waals surface area contributed by atoms with Gasteiger partial charge in [-0.1, -0.05) is 38.1 Å². The van der Waals surface area contributed by atoms with Gasteiger partial charge in [0, 0.05) is 0 Å². The largest absolute Gasteiger partial charge is 0.507 e. The van der Waals surface area contributed by atoms with Crippen molar-refractivity contribution in [2.45, 2.75) is 26.7 Å². The van der Waals surface area contributed by atoms with Crippen LogP contribution >= 0.6 is 0 Å². The Morgan fingerprint density at radius 1 is 1.38 bits per heavy atom. The summed E-state index contributed by atoms with van der Waals surface area (Å²) >= 11 is 0. The van der Waals surface area contributed by atoms with Gasteiger partial charge in [-0.25, -0.2) is 10.1 Å². The molecule has 0 radical (unpaired) electrons. The molecule has 1 aliphatic carbocycles. The summed E-state index contributed by atoms with van der Waals surface area (Å²) in [6, 6.07) is 6.79. The Labute approximate surface area is 141 Å². The van der Waals surface area contributed by atoms with E-state index in [1.807, 2.05) is 24.3 Å². The van der Waals surface area contributed by atoms with Crippen molar-refractivity contribution in [3.63, 3.8) is 0 Å². The van der Waals surface area contributed by atoms with E-state index < -0.39 is 0 Å². The molecule has 0 aliphatic heterocycles. The number of carbonyl (C=O) groups is 1. The van der Waals surface area contributed by atoms with Crippen LogP contribution in [-0.4, -0.2) is 11.4 Å². The molecular formula is C20H18N2O2. The van der Waals surface area contributed by atoms with Crippen molar-refractivity contribution >= 4 is 12.4 Å². The smallest absolute Gasteiger partial charge is 0.265 e. The van der Waals surface area contributed by atoms with E-state index in [2.05, 4.69) is 18.7 Å². The first-order valence-electron chi connectivity index (χ1n) is 7.56. The van der Waals surface area contributed by atoms with Gasteiger partial charge < -0.3 is 5.11 Å². The monoisotopic (exact) mass is 318 g/mol. The fourth-order valence-corrected chi connectivity index (χ4v) is 2.86. The Hall–Kier alpha value is -3.11. The molecule has 1 aliphatic rings. The zero-order valence-corrected chi connectivity index (χ0v) is 13.7. The van der Waals surface area contributed by atoms with Crippen molar-refractivity contribution in [3.8, 4) is 11.8 Å². The molecule has 4 nitrogen and oxygen atoms in total. The minimum atomic E-state index is -0.0406. The second kappa shape index (κ2) is 6.98. The average molecular weight is 318 g/mol. The maximum atomic E-state index is 10.9. The van der Waals surface area contributed by atoms with Gasteiger partial charge in [-0.2, -0.15) is 0 Å². The molecule has 1 aromatic carbocycles. The molecule has 0 amide bonds. The molecule has 24 heavy (non-hydrogen) atoms. The summed E-state index contributed by atoms with van der Waals surface area (Å²) in [6.45, 7) is 11.4. The lowest BCUT2D eigenvalue weighted by atomic mass is 9.74. The molecule has 0 bridgehead atoms. The van der Waals surface area contributed by atoms with E-state index in [4.69, 9.17) is 11.8 Å². The van der Waals surface area contributed by atoms with Gasteiger partial charge >= 0.3 is 0 Å². The number of rotatable bonds is 3. The third kappa shape index (κ3) is 4.00. The number of carbonyl (C=O) groups excluding carboxylic acids is 1. The van der Waals surface area contributed by atoms with Crippen molar-refractivity contribution in [3.05, 3.63) is 69.7 Å². The third-order valence-corrected chi connectivity index (χ3v) is 3.90. The highest BCUT2D eigenvalue weighted by Crippen LogP contribution is 2.39. The van der Waals surface area contributed by atoms with Gasteiger partial charge in [-0.3, -0.25) is 4.79 Å². The number of hydrogen-bond acceptors (Lipinski definition) is 3. The van der Waals surface area contributed by atoms with Gasteiger partial charge in [-0.05, 0) is 47.1 Å². The SMILES string of the molecule is [C-]#[N+]/C(C#N)=C1C=C(/C=C/c2ccc(O)c(C=O)c2)CC(C)(C)C/1. The molecule has 4 heteroatoms. The number of phenols is 1. The topological polar surface area (TPSA) is 65.4 Å². The molecule has 0 atom stereocenters. The summed E-state index contributed by atoms with van der Waals surface area (Å²) < 4.78 is 0. The van der Waals surface area contributed by atoms with Crippen LogP contribution in [0.2, 0.25) is 0 Å². The molecule has 2 rings (SSSR count). The first-order valence-corrected chi connectivity index (χ1v) is 7.56. The van der Waals surface area contributed by atoms with Crippen molar-refractivity contribution in [2.75, 3.05) is 0 Å². The van der Waals surface area contributed by atoms with Crippen molar-refractivity contribution in [1.82, 2.24) is 0 Å². The molecule has 0 saturated heterocycles. The normalized spacial score (nSPS) is 18.4. The Morgan fingerprint density at radius 2 is 2.12 bits per heavy atom. The fraction of sp³-hybridized carbons (Fsp3) is 0.250. The van der Waals surface area contributed by atoms with E-state index in [9.17, 15) is 9.90 Å². The number of nitrogens with zero attached hydrogens (tertiary/aromatic N) is 2. The van der Waals surface area contributed by atoms with E-state index in [1.54, 1.807) is 12.1 Å². The first kappa shape index (κ1) is 17.2. The van der Waals surface area contributed by atoms with Crippen LogP contribution in [0.25, 0.3) is 10.9 Å². The van der Waals surface area contributed by atoms with Crippen LogP contribution in [0, 0.1) is 23.3 Å². The van der Waals surface area contributed by atoms with E-state index in [1.165, 1.54) is 6.07 Å². The van der Waals surface area contributed by atoms with E-state index >= 15 is 0 Å². The predicted octanol–water partition coefficient (Wildman–Crippen LogP) is 4.66. The fourth-order valence-electron chi connectivity index (χ4n) is 2.86. The lowest BCUT2D eigenvalue weighted by Gasteiger charge is -2.30. The number of allylic oxidation sites excluding steroid dienone is 5. The molecular weight excluding hydrogens is 300 g/mol. The van der Waals surface area contributed by atoms with Crippen LogP contribution in [-0.2, 0) is 0 Å². The van der Waals surface area contributed by atoms with E-state index in [0.717, 1.165) is 23.1 Å².